The van der Waals surface area contributed by atoms with Crippen molar-refractivity contribution in [2.24, 2.45) is 5.92 Å². The Balaban J connectivity index is 2.26. The van der Waals surface area contributed by atoms with Gasteiger partial charge in [0.25, 0.3) is 10.2 Å². The molecule has 190 valence electrons. The Labute approximate surface area is 203 Å². The predicted molar refractivity (Wildman–Crippen MR) is 131 cm³/mol. The van der Waals surface area contributed by atoms with E-state index < -0.39 is 21.8 Å². The number of thioether (sulfide) groups is 1. The van der Waals surface area contributed by atoms with E-state index in [-0.39, 0.29) is 41.5 Å². The van der Waals surface area contributed by atoms with Gasteiger partial charge in [-0.15, -0.1) is 0 Å². The summed E-state index contributed by atoms with van der Waals surface area (Å²) in [5.74, 6) is -1.27. The standard InChI is InChI=1S/C21H32F2N6O3S2/c1-14(2)10-16(12-30)25-18-11-19(28-34(31,32)24-8-9-29(3)4)27-21(26-18)33-13-15-6-5-7-17(22)20(15)23/h5-7,11,14,16,24,30H,8-10,12-13H2,1-4H3,(H2,25,26,27,28)/t16-/m1/s1. The van der Waals surface area contributed by atoms with E-state index in [4.69, 9.17) is 0 Å². The molecule has 4 N–H and O–H groups in total. The van der Waals surface area contributed by atoms with Crippen molar-refractivity contribution < 1.29 is 22.3 Å². The third-order valence-corrected chi connectivity index (χ3v) is 6.47. The van der Waals surface area contributed by atoms with Crippen molar-refractivity contribution in [3.05, 3.63) is 41.5 Å². The van der Waals surface area contributed by atoms with Gasteiger partial charge in [-0.05, 0) is 32.5 Å². The first-order chi connectivity index (χ1) is 16.0. The van der Waals surface area contributed by atoms with Gasteiger partial charge in [0, 0.05) is 30.5 Å². The van der Waals surface area contributed by atoms with Crippen LogP contribution in [0.15, 0.2) is 29.4 Å². The van der Waals surface area contributed by atoms with E-state index in [0.717, 1.165) is 17.8 Å². The van der Waals surface area contributed by atoms with E-state index in [1.807, 2.05) is 32.8 Å². The van der Waals surface area contributed by atoms with E-state index in [9.17, 15) is 22.3 Å². The summed E-state index contributed by atoms with van der Waals surface area (Å²) < 4.78 is 57.2. The highest BCUT2D eigenvalue weighted by Crippen LogP contribution is 2.26. The molecule has 0 amide bonds. The van der Waals surface area contributed by atoms with E-state index in [2.05, 4.69) is 24.7 Å². The smallest absolute Gasteiger partial charge is 0.300 e. The van der Waals surface area contributed by atoms with Gasteiger partial charge in [0.15, 0.2) is 16.8 Å². The van der Waals surface area contributed by atoms with Crippen LogP contribution in [0.1, 0.15) is 25.8 Å². The number of nitrogens with one attached hydrogen (secondary N) is 3. The highest BCUT2D eigenvalue weighted by Gasteiger charge is 2.17. The lowest BCUT2D eigenvalue weighted by Gasteiger charge is -2.20. The summed E-state index contributed by atoms with van der Waals surface area (Å²) >= 11 is 1.03. The van der Waals surface area contributed by atoms with Gasteiger partial charge in [0.1, 0.15) is 11.6 Å². The topological polar surface area (TPSA) is 119 Å². The lowest BCUT2D eigenvalue weighted by molar-refractivity contribution is 0.259. The number of hydrogen-bond acceptors (Lipinski definition) is 8. The summed E-state index contributed by atoms with van der Waals surface area (Å²) in [6.45, 7) is 4.58. The summed E-state index contributed by atoms with van der Waals surface area (Å²) in [6.07, 6.45) is 0.657. The van der Waals surface area contributed by atoms with Crippen molar-refractivity contribution in [2.45, 2.75) is 37.2 Å². The van der Waals surface area contributed by atoms with Crippen LogP contribution in [0.4, 0.5) is 20.4 Å². The molecule has 0 aliphatic carbocycles. The van der Waals surface area contributed by atoms with Crippen molar-refractivity contribution in [2.75, 3.05) is 43.8 Å². The van der Waals surface area contributed by atoms with Crippen LogP contribution in [-0.2, 0) is 16.0 Å². The lowest BCUT2D eigenvalue weighted by atomic mass is 10.0. The molecule has 2 rings (SSSR count). The number of aliphatic hydroxyl groups excluding tert-OH is 1. The minimum Gasteiger partial charge on any atom is -0.394 e. The molecule has 0 saturated heterocycles. The third-order valence-electron chi connectivity index (χ3n) is 4.51. The summed E-state index contributed by atoms with van der Waals surface area (Å²) in [4.78, 5) is 10.4. The minimum absolute atomic E-state index is 0.00157. The predicted octanol–water partition coefficient (Wildman–Crippen LogP) is 2.67. The molecule has 13 heteroatoms. The van der Waals surface area contributed by atoms with Crippen molar-refractivity contribution in [3.63, 3.8) is 0 Å². The van der Waals surface area contributed by atoms with Crippen LogP contribution < -0.4 is 14.8 Å². The number of aliphatic hydroxyl groups is 1. The molecule has 0 spiro atoms. The monoisotopic (exact) mass is 518 g/mol. The number of benzene rings is 1. The SMILES string of the molecule is CC(C)C[C@H](CO)Nc1cc(NS(=O)(=O)NCCN(C)C)nc(SCc2cccc(F)c2F)n1. The molecule has 0 radical (unpaired) electrons. The largest absolute Gasteiger partial charge is 0.394 e. The van der Waals surface area contributed by atoms with Crippen LogP contribution in [0.25, 0.3) is 0 Å². The van der Waals surface area contributed by atoms with Crippen LogP contribution in [0.5, 0.6) is 0 Å². The highest BCUT2D eigenvalue weighted by molar-refractivity contribution is 7.98. The first kappa shape index (κ1) is 28.2. The fraction of sp³-hybridized carbons (Fsp3) is 0.524. The first-order valence-electron chi connectivity index (χ1n) is 10.7. The molecule has 34 heavy (non-hydrogen) atoms. The Morgan fingerprint density at radius 3 is 2.53 bits per heavy atom. The van der Waals surface area contributed by atoms with Gasteiger partial charge in [-0.25, -0.2) is 18.7 Å². The molecular formula is C21H32F2N6O3S2. The first-order valence-corrected chi connectivity index (χ1v) is 13.2. The van der Waals surface area contributed by atoms with Gasteiger partial charge >= 0.3 is 0 Å². The molecular weight excluding hydrogens is 486 g/mol. The summed E-state index contributed by atoms with van der Waals surface area (Å²) in [6, 6.07) is 5.00. The van der Waals surface area contributed by atoms with Crippen molar-refractivity contribution >= 4 is 33.6 Å². The number of aromatic nitrogens is 2. The van der Waals surface area contributed by atoms with Gasteiger partial charge in [-0.3, -0.25) is 4.72 Å². The zero-order valence-electron chi connectivity index (χ0n) is 19.7. The fourth-order valence-electron chi connectivity index (χ4n) is 2.95. The van der Waals surface area contributed by atoms with E-state index in [0.29, 0.717) is 24.7 Å². The van der Waals surface area contributed by atoms with Crippen LogP contribution in [-0.4, -0.2) is 68.2 Å². The Morgan fingerprint density at radius 1 is 1.18 bits per heavy atom. The van der Waals surface area contributed by atoms with E-state index in [1.165, 1.54) is 18.2 Å². The van der Waals surface area contributed by atoms with Crippen molar-refractivity contribution in [3.8, 4) is 0 Å². The molecule has 9 nitrogen and oxygen atoms in total. The maximum absolute atomic E-state index is 14.0. The molecule has 2 aromatic rings. The maximum atomic E-state index is 14.0. The summed E-state index contributed by atoms with van der Waals surface area (Å²) in [5, 5.41) is 12.9. The zero-order valence-corrected chi connectivity index (χ0v) is 21.3. The Hall–Kier alpha value is -2.06. The highest BCUT2D eigenvalue weighted by atomic mass is 32.2. The molecule has 0 bridgehead atoms. The number of nitrogens with zero attached hydrogens (tertiary/aromatic N) is 3. The van der Waals surface area contributed by atoms with Gasteiger partial charge in [0.05, 0.1) is 12.6 Å². The average molecular weight is 519 g/mol. The molecule has 1 atom stereocenters. The Kier molecular flexibility index (Phi) is 10.9. The van der Waals surface area contributed by atoms with Gasteiger partial charge in [0.2, 0.25) is 0 Å². The number of anilines is 2. The maximum Gasteiger partial charge on any atom is 0.300 e. The second-order valence-electron chi connectivity index (χ2n) is 8.38. The van der Waals surface area contributed by atoms with E-state index >= 15 is 0 Å². The Morgan fingerprint density at radius 2 is 1.88 bits per heavy atom. The van der Waals surface area contributed by atoms with Crippen LogP contribution in [0.2, 0.25) is 0 Å². The number of likely N-dealkylation sites (N-methyl/N-ethyl adjacent to an activating group) is 1. The number of halogens is 2. The second-order valence-corrected chi connectivity index (χ2v) is 10.8. The normalized spacial score (nSPS) is 12.9. The molecule has 1 aromatic heterocycles. The molecule has 1 heterocycles. The lowest BCUT2D eigenvalue weighted by Crippen LogP contribution is -2.35. The summed E-state index contributed by atoms with van der Waals surface area (Å²) in [5.41, 5.74) is 0.132. The third kappa shape index (κ3) is 9.66. The molecule has 0 saturated carbocycles. The molecule has 0 aliphatic heterocycles. The fourth-order valence-corrected chi connectivity index (χ4v) is 4.60. The van der Waals surface area contributed by atoms with Gasteiger partial charge in [-0.1, -0.05) is 37.7 Å². The Bertz CT molecular complexity index is 1040. The average Bonchev–Trinajstić information content (AvgIpc) is 2.73. The van der Waals surface area contributed by atoms with Crippen LogP contribution in [0.3, 0.4) is 0 Å². The number of rotatable bonds is 14. The second kappa shape index (κ2) is 13.1. The zero-order chi connectivity index (χ0) is 25.3. The van der Waals surface area contributed by atoms with Crippen LogP contribution in [0, 0.1) is 17.6 Å². The van der Waals surface area contributed by atoms with Gasteiger partial charge < -0.3 is 15.3 Å². The van der Waals surface area contributed by atoms with Gasteiger partial charge in [-0.2, -0.15) is 13.1 Å². The van der Waals surface area contributed by atoms with E-state index in [1.54, 1.807) is 0 Å². The molecule has 0 fully saturated rings. The number of hydrogen-bond donors (Lipinski definition) is 4. The quantitative estimate of drug-likeness (QED) is 0.223. The molecule has 1 aromatic carbocycles. The molecule has 0 unspecified atom stereocenters. The van der Waals surface area contributed by atoms with Crippen molar-refractivity contribution in [1.82, 2.24) is 19.6 Å². The van der Waals surface area contributed by atoms with Crippen molar-refractivity contribution in [1.29, 1.82) is 0 Å². The van der Waals surface area contributed by atoms with Crippen LogP contribution >= 0.6 is 11.8 Å². The summed E-state index contributed by atoms with van der Waals surface area (Å²) in [7, 11) is -0.263. The minimum atomic E-state index is -3.91. The molecule has 0 aliphatic rings.